The first kappa shape index (κ1) is 9.45. The van der Waals surface area contributed by atoms with E-state index < -0.39 is 10.8 Å². The SMILES string of the molecule is Nc1cc(N2CCS(=O)CC2)ccn1. The Balaban J connectivity index is 2.12. The number of hydrogen-bond acceptors (Lipinski definition) is 4. The van der Waals surface area contributed by atoms with E-state index >= 15 is 0 Å². The van der Waals surface area contributed by atoms with Crippen LogP contribution in [0.4, 0.5) is 11.5 Å². The summed E-state index contributed by atoms with van der Waals surface area (Å²) in [6, 6.07) is 3.79. The average Bonchev–Trinajstić information content (AvgIpc) is 2.19. The van der Waals surface area contributed by atoms with Gasteiger partial charge in [-0.1, -0.05) is 0 Å². The fourth-order valence-corrected chi connectivity index (χ4v) is 2.58. The fraction of sp³-hybridized carbons (Fsp3) is 0.444. The van der Waals surface area contributed by atoms with Crippen LogP contribution in [0.15, 0.2) is 18.3 Å². The zero-order valence-electron chi connectivity index (χ0n) is 7.85. The lowest BCUT2D eigenvalue weighted by molar-refractivity contribution is 0.673. The minimum Gasteiger partial charge on any atom is -0.384 e. The number of hydrogen-bond donors (Lipinski definition) is 1. The van der Waals surface area contributed by atoms with Crippen molar-refractivity contribution in [2.45, 2.75) is 0 Å². The molecule has 0 unspecified atom stereocenters. The van der Waals surface area contributed by atoms with Gasteiger partial charge in [-0.05, 0) is 6.07 Å². The Kier molecular flexibility index (Phi) is 2.67. The van der Waals surface area contributed by atoms with Gasteiger partial charge in [-0.25, -0.2) is 4.98 Å². The summed E-state index contributed by atoms with van der Waals surface area (Å²) in [5, 5.41) is 0. The highest BCUT2D eigenvalue weighted by Crippen LogP contribution is 2.17. The van der Waals surface area contributed by atoms with Crippen molar-refractivity contribution < 1.29 is 4.21 Å². The van der Waals surface area contributed by atoms with E-state index in [0.717, 1.165) is 30.3 Å². The molecule has 0 amide bonds. The second-order valence-corrected chi connectivity index (χ2v) is 4.97. The van der Waals surface area contributed by atoms with Gasteiger partial charge in [0.05, 0.1) is 0 Å². The van der Waals surface area contributed by atoms with Gasteiger partial charge in [0.15, 0.2) is 0 Å². The minimum atomic E-state index is -0.629. The highest BCUT2D eigenvalue weighted by atomic mass is 32.2. The van der Waals surface area contributed by atoms with Crippen LogP contribution in [0.3, 0.4) is 0 Å². The van der Waals surface area contributed by atoms with Crippen molar-refractivity contribution in [2.75, 3.05) is 35.2 Å². The van der Waals surface area contributed by atoms with Gasteiger partial charge in [-0.2, -0.15) is 0 Å². The van der Waals surface area contributed by atoms with Crippen molar-refractivity contribution in [2.24, 2.45) is 0 Å². The molecule has 4 nitrogen and oxygen atoms in total. The molecule has 2 rings (SSSR count). The van der Waals surface area contributed by atoms with Gasteiger partial charge in [-0.15, -0.1) is 0 Å². The van der Waals surface area contributed by atoms with Crippen molar-refractivity contribution in [1.82, 2.24) is 4.98 Å². The van der Waals surface area contributed by atoms with Crippen molar-refractivity contribution in [1.29, 1.82) is 0 Å². The molecule has 0 atom stereocenters. The van der Waals surface area contributed by atoms with Crippen LogP contribution in [0.1, 0.15) is 0 Å². The maximum atomic E-state index is 11.2. The van der Waals surface area contributed by atoms with Crippen LogP contribution in [-0.2, 0) is 10.8 Å². The second kappa shape index (κ2) is 3.96. The summed E-state index contributed by atoms with van der Waals surface area (Å²) in [5.74, 6) is 2.04. The lowest BCUT2D eigenvalue weighted by Gasteiger charge is -2.28. The van der Waals surface area contributed by atoms with Crippen molar-refractivity contribution in [3.8, 4) is 0 Å². The van der Waals surface area contributed by atoms with Gasteiger partial charge < -0.3 is 10.6 Å². The first-order chi connectivity index (χ1) is 6.75. The maximum Gasteiger partial charge on any atom is 0.125 e. The largest absolute Gasteiger partial charge is 0.384 e. The second-order valence-electron chi connectivity index (χ2n) is 3.27. The van der Waals surface area contributed by atoms with Crippen LogP contribution in [0.25, 0.3) is 0 Å². The molecule has 0 aromatic carbocycles. The highest BCUT2D eigenvalue weighted by Gasteiger charge is 2.15. The predicted molar refractivity (Wildman–Crippen MR) is 58.7 cm³/mol. The average molecular weight is 211 g/mol. The molecule has 14 heavy (non-hydrogen) atoms. The highest BCUT2D eigenvalue weighted by molar-refractivity contribution is 7.85. The van der Waals surface area contributed by atoms with Crippen LogP contribution in [0.2, 0.25) is 0 Å². The van der Waals surface area contributed by atoms with E-state index in [-0.39, 0.29) is 0 Å². The molecule has 1 aliphatic rings. The molecular weight excluding hydrogens is 198 g/mol. The van der Waals surface area contributed by atoms with E-state index in [2.05, 4.69) is 9.88 Å². The molecule has 1 fully saturated rings. The molecule has 0 radical (unpaired) electrons. The third-order valence-electron chi connectivity index (χ3n) is 2.31. The van der Waals surface area contributed by atoms with Crippen LogP contribution in [0.5, 0.6) is 0 Å². The van der Waals surface area contributed by atoms with Crippen LogP contribution in [-0.4, -0.2) is 33.8 Å². The molecule has 0 saturated carbocycles. The van der Waals surface area contributed by atoms with Crippen molar-refractivity contribution in [3.63, 3.8) is 0 Å². The number of pyridine rings is 1. The Morgan fingerprint density at radius 1 is 1.43 bits per heavy atom. The van der Waals surface area contributed by atoms with Gasteiger partial charge in [0.25, 0.3) is 0 Å². The molecule has 2 heterocycles. The number of nitrogens with zero attached hydrogens (tertiary/aromatic N) is 2. The fourth-order valence-electron chi connectivity index (χ4n) is 1.53. The lowest BCUT2D eigenvalue weighted by atomic mass is 10.3. The van der Waals surface area contributed by atoms with E-state index in [0.29, 0.717) is 5.82 Å². The molecule has 1 aromatic rings. The molecular formula is C9H13N3OS. The quantitative estimate of drug-likeness (QED) is 0.722. The monoisotopic (exact) mass is 211 g/mol. The van der Waals surface area contributed by atoms with Gasteiger partial charge in [0.2, 0.25) is 0 Å². The number of nitrogen functional groups attached to an aromatic ring is 1. The first-order valence-corrected chi connectivity index (χ1v) is 6.06. The summed E-state index contributed by atoms with van der Waals surface area (Å²) in [6.07, 6.45) is 1.70. The molecule has 1 aliphatic heterocycles. The summed E-state index contributed by atoms with van der Waals surface area (Å²) in [6.45, 7) is 1.69. The summed E-state index contributed by atoms with van der Waals surface area (Å²) in [5.41, 5.74) is 6.67. The van der Waals surface area contributed by atoms with Crippen LogP contribution in [0, 0.1) is 0 Å². The van der Waals surface area contributed by atoms with Gasteiger partial charge in [0.1, 0.15) is 5.82 Å². The van der Waals surface area contributed by atoms with E-state index in [9.17, 15) is 4.21 Å². The Labute approximate surface area is 85.6 Å². The Morgan fingerprint density at radius 3 is 2.79 bits per heavy atom. The van der Waals surface area contributed by atoms with Crippen LogP contribution >= 0.6 is 0 Å². The Hall–Kier alpha value is -1.10. The Bertz CT molecular complexity index is 346. The topological polar surface area (TPSA) is 59.2 Å². The van der Waals surface area contributed by atoms with Crippen molar-refractivity contribution >= 4 is 22.3 Å². The standard InChI is InChI=1S/C9H13N3OS/c10-9-7-8(1-2-11-9)12-3-5-14(13)6-4-12/h1-2,7H,3-6H2,(H2,10,11). The van der Waals surface area contributed by atoms with E-state index in [1.165, 1.54) is 0 Å². The summed E-state index contributed by atoms with van der Waals surface area (Å²) in [4.78, 5) is 6.13. The molecule has 1 aromatic heterocycles. The number of rotatable bonds is 1. The summed E-state index contributed by atoms with van der Waals surface area (Å²) < 4.78 is 11.2. The van der Waals surface area contributed by atoms with Crippen molar-refractivity contribution in [3.05, 3.63) is 18.3 Å². The normalized spacial score (nSPS) is 18.4. The van der Waals surface area contributed by atoms with Gasteiger partial charge >= 0.3 is 0 Å². The smallest absolute Gasteiger partial charge is 0.125 e. The third kappa shape index (κ3) is 2.04. The Morgan fingerprint density at radius 2 is 2.14 bits per heavy atom. The minimum absolute atomic E-state index is 0.536. The summed E-state index contributed by atoms with van der Waals surface area (Å²) >= 11 is 0. The first-order valence-electron chi connectivity index (χ1n) is 4.57. The number of aromatic nitrogens is 1. The molecule has 0 bridgehead atoms. The number of nitrogens with two attached hydrogens (primary N) is 1. The number of anilines is 2. The lowest BCUT2D eigenvalue weighted by Crippen LogP contribution is -2.37. The molecule has 1 saturated heterocycles. The molecule has 5 heteroatoms. The molecule has 0 aliphatic carbocycles. The zero-order chi connectivity index (χ0) is 9.97. The van der Waals surface area contributed by atoms with E-state index in [4.69, 9.17) is 5.73 Å². The van der Waals surface area contributed by atoms with E-state index in [1.54, 1.807) is 6.20 Å². The molecule has 2 N–H and O–H groups in total. The molecule has 0 spiro atoms. The van der Waals surface area contributed by atoms with Crippen LogP contribution < -0.4 is 10.6 Å². The van der Waals surface area contributed by atoms with Gasteiger partial charge in [-0.3, -0.25) is 4.21 Å². The third-order valence-corrected chi connectivity index (χ3v) is 3.58. The van der Waals surface area contributed by atoms with Gasteiger partial charge in [0, 0.05) is 53.3 Å². The van der Waals surface area contributed by atoms with E-state index in [1.807, 2.05) is 12.1 Å². The predicted octanol–water partition coefficient (Wildman–Crippen LogP) is 0.232. The maximum absolute atomic E-state index is 11.2. The summed E-state index contributed by atoms with van der Waals surface area (Å²) in [7, 11) is -0.629. The zero-order valence-corrected chi connectivity index (χ0v) is 8.67. The molecule has 76 valence electrons.